The van der Waals surface area contributed by atoms with Gasteiger partial charge in [-0.15, -0.1) is 0 Å². The molecule has 0 aromatic heterocycles. The Bertz CT molecular complexity index is 1070. The fourth-order valence-electron chi connectivity index (χ4n) is 3.70. The molecular weight excluding hydrogens is 506 g/mol. The number of hydrogen-bond donors (Lipinski definition) is 3. The summed E-state index contributed by atoms with van der Waals surface area (Å²) in [4.78, 5) is 49.0. The number of esters is 3. The van der Waals surface area contributed by atoms with Crippen molar-refractivity contribution in [3.8, 4) is 0 Å². The van der Waals surface area contributed by atoms with Crippen molar-refractivity contribution in [2.24, 2.45) is 0 Å². The van der Waals surface area contributed by atoms with Crippen molar-refractivity contribution in [3.63, 3.8) is 0 Å². The highest BCUT2D eigenvalue weighted by molar-refractivity contribution is 6.31. The molecular formula is C25H32ClN3O8. The van der Waals surface area contributed by atoms with Gasteiger partial charge in [-0.2, -0.15) is 0 Å². The number of nitrogens with one attached hydrogen (secondary N) is 3. The standard InChI is InChI=1S/C25H32ClN3O8/c1-5-36-19(30)13-28-25(33)27-11-12-35-14-18-22(24(32)37-6-2)21(16-9-7-8-10-17(16)26)20(15(3)29-18)23(31)34-4/h7-10,21,29H,5-6,11-14H2,1-4H3,(H2,27,28,33). The highest BCUT2D eigenvalue weighted by Gasteiger charge is 2.39. The molecule has 0 bridgehead atoms. The van der Waals surface area contributed by atoms with Crippen LogP contribution in [0.1, 0.15) is 32.3 Å². The largest absolute Gasteiger partial charge is 0.466 e. The normalized spacial score (nSPS) is 15.0. The molecule has 37 heavy (non-hydrogen) atoms. The molecule has 2 amide bonds. The molecule has 1 aromatic carbocycles. The van der Waals surface area contributed by atoms with Crippen LogP contribution in [0.2, 0.25) is 5.02 Å². The highest BCUT2D eigenvalue weighted by atomic mass is 35.5. The number of amides is 2. The Morgan fingerprint density at radius 2 is 1.70 bits per heavy atom. The van der Waals surface area contributed by atoms with Gasteiger partial charge in [0.25, 0.3) is 0 Å². The molecule has 1 heterocycles. The van der Waals surface area contributed by atoms with Crippen molar-refractivity contribution < 1.29 is 38.1 Å². The second-order valence-electron chi connectivity index (χ2n) is 7.69. The highest BCUT2D eigenvalue weighted by Crippen LogP contribution is 2.41. The van der Waals surface area contributed by atoms with Crippen molar-refractivity contribution in [2.45, 2.75) is 26.7 Å². The van der Waals surface area contributed by atoms with E-state index in [1.165, 1.54) is 7.11 Å². The molecule has 1 unspecified atom stereocenters. The van der Waals surface area contributed by atoms with E-state index in [0.717, 1.165) is 0 Å². The minimum atomic E-state index is -0.855. The maximum atomic E-state index is 13.1. The molecule has 0 saturated heterocycles. The van der Waals surface area contributed by atoms with Crippen LogP contribution in [0.15, 0.2) is 46.8 Å². The summed E-state index contributed by atoms with van der Waals surface area (Å²) in [5.74, 6) is -2.65. The third-order valence-corrected chi connectivity index (χ3v) is 5.58. The molecule has 202 valence electrons. The average Bonchev–Trinajstić information content (AvgIpc) is 2.87. The Balaban J connectivity index is 2.21. The summed E-state index contributed by atoms with van der Waals surface area (Å²) in [5.41, 5.74) is 1.79. The van der Waals surface area contributed by atoms with E-state index in [4.69, 9.17) is 30.5 Å². The molecule has 1 aromatic rings. The van der Waals surface area contributed by atoms with Crippen LogP contribution >= 0.6 is 11.6 Å². The molecule has 1 atom stereocenters. The van der Waals surface area contributed by atoms with Crippen molar-refractivity contribution in [3.05, 3.63) is 57.4 Å². The summed E-state index contributed by atoms with van der Waals surface area (Å²) in [6.07, 6.45) is 0. The lowest BCUT2D eigenvalue weighted by atomic mass is 9.80. The number of methoxy groups -OCH3 is 1. The maximum Gasteiger partial charge on any atom is 0.336 e. The zero-order chi connectivity index (χ0) is 27.4. The maximum absolute atomic E-state index is 13.1. The number of allylic oxidation sites excluding steroid dienone is 1. The molecule has 12 heteroatoms. The number of rotatable bonds is 12. The lowest BCUT2D eigenvalue weighted by Crippen LogP contribution is -2.40. The zero-order valence-electron chi connectivity index (χ0n) is 21.3. The van der Waals surface area contributed by atoms with E-state index < -0.39 is 29.9 Å². The third kappa shape index (κ3) is 8.22. The van der Waals surface area contributed by atoms with Gasteiger partial charge in [0.05, 0.1) is 56.3 Å². The first-order chi connectivity index (χ1) is 17.7. The van der Waals surface area contributed by atoms with Gasteiger partial charge in [0, 0.05) is 17.3 Å². The van der Waals surface area contributed by atoms with Gasteiger partial charge in [-0.05, 0) is 32.4 Å². The van der Waals surface area contributed by atoms with Crippen LogP contribution in [-0.2, 0) is 33.3 Å². The van der Waals surface area contributed by atoms with E-state index in [2.05, 4.69) is 16.0 Å². The smallest absolute Gasteiger partial charge is 0.336 e. The number of carbonyl (C=O) groups excluding carboxylic acids is 4. The van der Waals surface area contributed by atoms with Crippen LogP contribution in [0, 0.1) is 0 Å². The van der Waals surface area contributed by atoms with Crippen LogP contribution < -0.4 is 16.0 Å². The Morgan fingerprint density at radius 1 is 1.00 bits per heavy atom. The fourth-order valence-corrected chi connectivity index (χ4v) is 3.94. The van der Waals surface area contributed by atoms with E-state index in [1.54, 1.807) is 45.0 Å². The topological polar surface area (TPSA) is 141 Å². The molecule has 11 nitrogen and oxygen atoms in total. The minimum Gasteiger partial charge on any atom is -0.466 e. The number of dihydropyridines is 1. The molecule has 0 saturated carbocycles. The number of carbonyl (C=O) groups is 4. The summed E-state index contributed by atoms with van der Waals surface area (Å²) in [5, 5.41) is 8.37. The van der Waals surface area contributed by atoms with Crippen molar-refractivity contribution in [1.29, 1.82) is 0 Å². The predicted molar refractivity (Wildman–Crippen MR) is 135 cm³/mol. The SMILES string of the molecule is CCOC(=O)CNC(=O)NCCOCC1=C(C(=O)OCC)C(c2ccccc2Cl)C(C(=O)OC)=C(C)N1. The summed E-state index contributed by atoms with van der Waals surface area (Å²) in [6.45, 7) is 5.30. The van der Waals surface area contributed by atoms with Crippen LogP contribution in [0.25, 0.3) is 0 Å². The fraction of sp³-hybridized carbons (Fsp3) is 0.440. The summed E-state index contributed by atoms with van der Waals surface area (Å²) in [6, 6.07) is 6.34. The Labute approximate surface area is 220 Å². The predicted octanol–water partition coefficient (Wildman–Crippen LogP) is 2.17. The van der Waals surface area contributed by atoms with E-state index in [0.29, 0.717) is 22.0 Å². The van der Waals surface area contributed by atoms with Gasteiger partial charge in [0.1, 0.15) is 6.54 Å². The Kier molecular flexibility index (Phi) is 11.9. The molecule has 1 aliphatic rings. The molecule has 0 aliphatic carbocycles. The van der Waals surface area contributed by atoms with Crippen molar-refractivity contribution in [2.75, 3.05) is 46.6 Å². The van der Waals surface area contributed by atoms with E-state index in [-0.39, 0.29) is 50.7 Å². The second kappa shape index (κ2) is 14.9. The second-order valence-corrected chi connectivity index (χ2v) is 8.10. The van der Waals surface area contributed by atoms with Gasteiger partial charge in [-0.3, -0.25) is 4.79 Å². The summed E-state index contributed by atoms with van der Waals surface area (Å²) >= 11 is 6.48. The number of benzene rings is 1. The van der Waals surface area contributed by atoms with Gasteiger partial charge >= 0.3 is 23.9 Å². The van der Waals surface area contributed by atoms with Gasteiger partial charge in [-0.1, -0.05) is 29.8 Å². The molecule has 3 N–H and O–H groups in total. The van der Waals surface area contributed by atoms with Gasteiger partial charge in [0.15, 0.2) is 0 Å². The van der Waals surface area contributed by atoms with Crippen LogP contribution in [0.4, 0.5) is 4.79 Å². The average molecular weight is 538 g/mol. The first-order valence-electron chi connectivity index (χ1n) is 11.7. The molecule has 0 fully saturated rings. The summed E-state index contributed by atoms with van der Waals surface area (Å²) in [7, 11) is 1.26. The third-order valence-electron chi connectivity index (χ3n) is 5.24. The van der Waals surface area contributed by atoms with E-state index >= 15 is 0 Å². The van der Waals surface area contributed by atoms with Gasteiger partial charge < -0.3 is 34.9 Å². The molecule has 1 aliphatic heterocycles. The number of urea groups is 1. The van der Waals surface area contributed by atoms with Crippen LogP contribution in [0.3, 0.4) is 0 Å². The quantitative estimate of drug-likeness (QED) is 0.208. The summed E-state index contributed by atoms with van der Waals surface area (Å²) < 4.78 is 20.7. The van der Waals surface area contributed by atoms with Crippen LogP contribution in [-0.4, -0.2) is 70.6 Å². The zero-order valence-corrected chi connectivity index (χ0v) is 22.0. The molecule has 0 radical (unpaired) electrons. The minimum absolute atomic E-state index is 0.0486. The molecule has 2 rings (SSSR count). The lowest BCUT2D eigenvalue weighted by Gasteiger charge is -2.31. The molecule has 0 spiro atoms. The van der Waals surface area contributed by atoms with E-state index in [1.807, 2.05) is 0 Å². The van der Waals surface area contributed by atoms with Crippen LogP contribution in [0.5, 0.6) is 0 Å². The van der Waals surface area contributed by atoms with Crippen molar-refractivity contribution >= 4 is 35.5 Å². The number of halogens is 1. The monoisotopic (exact) mass is 537 g/mol. The number of ether oxygens (including phenoxy) is 4. The van der Waals surface area contributed by atoms with Gasteiger partial charge in [-0.25, -0.2) is 14.4 Å². The first kappa shape index (κ1) is 29.7. The number of hydrogen-bond acceptors (Lipinski definition) is 9. The van der Waals surface area contributed by atoms with Gasteiger partial charge in [0.2, 0.25) is 0 Å². The lowest BCUT2D eigenvalue weighted by molar-refractivity contribution is -0.142. The van der Waals surface area contributed by atoms with Crippen molar-refractivity contribution in [1.82, 2.24) is 16.0 Å². The first-order valence-corrected chi connectivity index (χ1v) is 12.1. The Hall–Kier alpha value is -3.57. The van der Waals surface area contributed by atoms with E-state index in [9.17, 15) is 19.2 Å². The Morgan fingerprint density at radius 3 is 2.35 bits per heavy atom.